The van der Waals surface area contributed by atoms with Gasteiger partial charge in [-0.25, -0.2) is 18.9 Å². The Balaban J connectivity index is 0.000000352. The van der Waals surface area contributed by atoms with Crippen LogP contribution in [-0.4, -0.2) is 108 Å². The van der Waals surface area contributed by atoms with Crippen LogP contribution in [0, 0.1) is 6.92 Å². The molecule has 0 bridgehead atoms. The quantitative estimate of drug-likeness (QED) is 0.227. The van der Waals surface area contributed by atoms with Crippen molar-refractivity contribution in [3.8, 4) is 11.1 Å². The maximum absolute atomic E-state index is 10.6. The van der Waals surface area contributed by atoms with Gasteiger partial charge in [-0.1, -0.05) is 41.1 Å². The first-order valence-electron chi connectivity index (χ1n) is 14.1. The highest BCUT2D eigenvalue weighted by Crippen LogP contribution is 2.28. The van der Waals surface area contributed by atoms with Gasteiger partial charge in [0.15, 0.2) is 0 Å². The van der Waals surface area contributed by atoms with Crippen LogP contribution < -0.4 is 0 Å². The molecule has 3 N–H and O–H groups in total. The second-order valence-corrected chi connectivity index (χ2v) is 10.6. The molecule has 12 nitrogen and oxygen atoms in total. The van der Waals surface area contributed by atoms with Gasteiger partial charge in [0.25, 0.3) is 0 Å². The number of hydrogen-bond donors (Lipinski definition) is 3. The van der Waals surface area contributed by atoms with Crippen LogP contribution in [0.5, 0.6) is 0 Å². The summed E-state index contributed by atoms with van der Waals surface area (Å²) in [5.41, 5.74) is 7.03. The summed E-state index contributed by atoms with van der Waals surface area (Å²) in [5, 5.41) is 30.4. The molecule has 3 aromatic heterocycles. The summed E-state index contributed by atoms with van der Waals surface area (Å²) in [4.78, 5) is 35.7. The average Bonchev–Trinajstić information content (AvgIpc) is 3.45. The van der Waals surface area contributed by atoms with Crippen molar-refractivity contribution in [2.45, 2.75) is 38.0 Å². The lowest BCUT2D eigenvalue weighted by molar-refractivity contribution is -0.193. The number of piperazine rings is 1. The fourth-order valence-electron chi connectivity index (χ4n) is 4.18. The zero-order valence-corrected chi connectivity index (χ0v) is 26.4. The largest absolute Gasteiger partial charge is 0.490 e. The molecule has 1 aromatic carbocycles. The number of rotatable bonds is 4. The maximum Gasteiger partial charge on any atom is 0.490 e. The molecule has 1 atom stereocenters. The zero-order valence-electron chi connectivity index (χ0n) is 26.4. The fourth-order valence-corrected chi connectivity index (χ4v) is 4.18. The van der Waals surface area contributed by atoms with Gasteiger partial charge >= 0.3 is 36.4 Å². The first-order valence-corrected chi connectivity index (χ1v) is 14.1. The summed E-state index contributed by atoms with van der Waals surface area (Å²) in [6, 6.07) is 17.3. The van der Waals surface area contributed by atoms with E-state index in [1.54, 1.807) is 0 Å². The number of aliphatic carboxylic acids is 3. The number of hydrogen-bond acceptors (Lipinski definition) is 8. The van der Waals surface area contributed by atoms with E-state index in [4.69, 9.17) is 29.7 Å². The Kier molecular flexibility index (Phi) is 14.4. The van der Waals surface area contributed by atoms with E-state index in [-0.39, 0.29) is 6.04 Å². The Hall–Kier alpha value is -5.31. The molecule has 21 heteroatoms. The molecule has 278 valence electrons. The first kappa shape index (κ1) is 41.9. The Morgan fingerprint density at radius 3 is 1.69 bits per heavy atom. The van der Waals surface area contributed by atoms with E-state index in [9.17, 15) is 39.5 Å². The third-order valence-electron chi connectivity index (χ3n) is 6.76. The number of likely N-dealkylation sites (N-methyl/N-ethyl adjacent to an activating group) is 1. The summed E-state index contributed by atoms with van der Waals surface area (Å²) in [7, 11) is 2.18. The predicted octanol–water partition coefficient (Wildman–Crippen LogP) is 5.49. The minimum atomic E-state index is -5.08. The molecule has 1 aliphatic heterocycles. The van der Waals surface area contributed by atoms with Gasteiger partial charge in [0, 0.05) is 50.3 Å². The molecule has 0 radical (unpaired) electrons. The molecular formula is C30H29F9N6O6. The lowest BCUT2D eigenvalue weighted by Crippen LogP contribution is -2.46. The first-order chi connectivity index (χ1) is 23.5. The number of carboxylic acids is 3. The third kappa shape index (κ3) is 13.5. The number of aryl methyl sites for hydroxylation is 1. The van der Waals surface area contributed by atoms with Crippen molar-refractivity contribution in [1.29, 1.82) is 0 Å². The molecule has 1 fully saturated rings. The van der Waals surface area contributed by atoms with E-state index in [0.29, 0.717) is 0 Å². The molecule has 0 aliphatic carbocycles. The van der Waals surface area contributed by atoms with Gasteiger partial charge in [0.1, 0.15) is 5.69 Å². The van der Waals surface area contributed by atoms with Crippen molar-refractivity contribution >= 4 is 23.4 Å². The van der Waals surface area contributed by atoms with Gasteiger partial charge in [0.05, 0.1) is 11.6 Å². The number of aromatic nitrogens is 4. The van der Waals surface area contributed by atoms with Crippen LogP contribution in [0.25, 0.3) is 16.6 Å². The second kappa shape index (κ2) is 17.6. The highest BCUT2D eigenvalue weighted by Gasteiger charge is 2.39. The fraction of sp³-hybridized carbons (Fsp3) is 0.333. The Morgan fingerprint density at radius 1 is 0.745 bits per heavy atom. The average molecular weight is 741 g/mol. The van der Waals surface area contributed by atoms with Crippen molar-refractivity contribution in [2.75, 3.05) is 26.7 Å². The van der Waals surface area contributed by atoms with Crippen LogP contribution in [0.3, 0.4) is 0 Å². The summed E-state index contributed by atoms with van der Waals surface area (Å²) < 4.78 is 97.1. The lowest BCUT2D eigenvalue weighted by Gasteiger charge is -2.38. The van der Waals surface area contributed by atoms with Crippen molar-refractivity contribution in [2.24, 2.45) is 0 Å². The molecule has 51 heavy (non-hydrogen) atoms. The molecule has 0 amide bonds. The molecule has 5 rings (SSSR count). The number of benzene rings is 1. The molecule has 1 unspecified atom stereocenters. The number of pyridine rings is 2. The van der Waals surface area contributed by atoms with E-state index in [2.05, 4.69) is 93.8 Å². The minimum Gasteiger partial charge on any atom is -0.475 e. The van der Waals surface area contributed by atoms with Gasteiger partial charge < -0.3 is 15.3 Å². The Labute approximate surface area is 282 Å². The van der Waals surface area contributed by atoms with Crippen LogP contribution >= 0.6 is 0 Å². The summed E-state index contributed by atoms with van der Waals surface area (Å²) in [6.07, 6.45) is -9.45. The summed E-state index contributed by atoms with van der Waals surface area (Å²) in [5.74, 6) is -8.27. The molecule has 4 heterocycles. The van der Waals surface area contributed by atoms with E-state index < -0.39 is 36.4 Å². The molecule has 1 aliphatic rings. The maximum atomic E-state index is 10.6. The molecule has 0 spiro atoms. The SMILES string of the molecule is Cc1ccc(-c2ccc3c(C4CN(Cc5ccncc5)CCN4C)nnn3c2)cc1.O=C(O)C(F)(F)F.O=C(O)C(F)(F)F.O=C(O)C(F)(F)F. The summed E-state index contributed by atoms with van der Waals surface area (Å²) in [6.45, 7) is 6.04. The standard InChI is InChI=1S/C24H26N6.3C2HF3O2/c1-18-3-5-20(6-4-18)21-7-8-22-24(26-27-30(22)16-21)23-17-29(14-13-28(23)2)15-19-9-11-25-12-10-19;3*3-2(4,5)1(6)7/h3-12,16,23H,13-15,17H2,1-2H3;3*(H,6,7). The number of fused-ring (bicyclic) bond motifs is 1. The highest BCUT2D eigenvalue weighted by molar-refractivity contribution is 5.73. The van der Waals surface area contributed by atoms with Crippen LogP contribution in [0.4, 0.5) is 39.5 Å². The van der Waals surface area contributed by atoms with E-state index in [0.717, 1.165) is 43.0 Å². The van der Waals surface area contributed by atoms with Crippen LogP contribution in [0.15, 0.2) is 67.1 Å². The van der Waals surface area contributed by atoms with Gasteiger partial charge in [-0.2, -0.15) is 39.5 Å². The van der Waals surface area contributed by atoms with Crippen molar-refractivity contribution < 1.29 is 69.2 Å². The normalized spacial score (nSPS) is 15.3. The Bertz CT molecular complexity index is 1690. The van der Waals surface area contributed by atoms with E-state index in [1.807, 2.05) is 16.9 Å². The zero-order chi connectivity index (χ0) is 38.7. The molecule has 0 saturated carbocycles. The summed E-state index contributed by atoms with van der Waals surface area (Å²) >= 11 is 0. The van der Waals surface area contributed by atoms with Crippen LogP contribution in [-0.2, 0) is 20.9 Å². The number of alkyl halides is 9. The minimum absolute atomic E-state index is 0.225. The monoisotopic (exact) mass is 740 g/mol. The number of nitrogens with zero attached hydrogens (tertiary/aromatic N) is 6. The third-order valence-corrected chi connectivity index (χ3v) is 6.76. The number of halogens is 9. The van der Waals surface area contributed by atoms with Crippen LogP contribution in [0.2, 0.25) is 0 Å². The van der Waals surface area contributed by atoms with Crippen molar-refractivity contribution in [1.82, 2.24) is 29.6 Å². The molecule has 1 saturated heterocycles. The lowest BCUT2D eigenvalue weighted by atomic mass is 10.0. The van der Waals surface area contributed by atoms with Gasteiger partial charge in [-0.3, -0.25) is 14.8 Å². The smallest absolute Gasteiger partial charge is 0.475 e. The van der Waals surface area contributed by atoms with E-state index in [1.165, 1.54) is 16.7 Å². The van der Waals surface area contributed by atoms with Gasteiger partial charge in [0.2, 0.25) is 0 Å². The van der Waals surface area contributed by atoms with Gasteiger partial charge in [-0.15, -0.1) is 5.10 Å². The van der Waals surface area contributed by atoms with Crippen LogP contribution in [0.1, 0.15) is 22.9 Å². The molecular weight excluding hydrogens is 711 g/mol. The van der Waals surface area contributed by atoms with Crippen molar-refractivity contribution in [3.05, 3.63) is 83.9 Å². The number of carboxylic acid groups (broad SMARTS) is 3. The van der Waals surface area contributed by atoms with E-state index >= 15 is 0 Å². The van der Waals surface area contributed by atoms with Gasteiger partial charge in [-0.05, 0) is 43.3 Å². The van der Waals surface area contributed by atoms with Crippen molar-refractivity contribution in [3.63, 3.8) is 0 Å². The second-order valence-electron chi connectivity index (χ2n) is 10.6. The topological polar surface area (TPSA) is 161 Å². The Morgan fingerprint density at radius 2 is 1.22 bits per heavy atom. The highest BCUT2D eigenvalue weighted by atomic mass is 19.4. The predicted molar refractivity (Wildman–Crippen MR) is 159 cm³/mol. The molecule has 4 aromatic rings. The number of carbonyl (C=O) groups is 3.